The highest BCUT2D eigenvalue weighted by molar-refractivity contribution is 7.87. The highest BCUT2D eigenvalue weighted by Crippen LogP contribution is 2.31. The van der Waals surface area contributed by atoms with E-state index in [1.807, 2.05) is 0 Å². The number of nitrogens with two attached hydrogens (primary N) is 1. The van der Waals surface area contributed by atoms with Gasteiger partial charge in [-0.15, -0.1) is 11.3 Å². The lowest BCUT2D eigenvalue weighted by Crippen LogP contribution is -2.38. The van der Waals surface area contributed by atoms with E-state index in [-0.39, 0.29) is 15.9 Å². The van der Waals surface area contributed by atoms with Gasteiger partial charge >= 0.3 is 10.1 Å². The maximum atomic E-state index is 12.7. The average molecular weight is 413 g/mol. The molecule has 1 aliphatic rings. The number of rotatable bonds is 4. The Balaban J connectivity index is 1.70. The molecular formula is C15H13ClN4O4S2. The minimum Gasteiger partial charge on any atom is -0.378 e. The molecule has 1 aliphatic heterocycles. The van der Waals surface area contributed by atoms with Gasteiger partial charge in [0.2, 0.25) is 10.9 Å². The molecule has 3 N–H and O–H groups in total. The SMILES string of the molecule is NC(=O)C1NCCc2cc(OS(=O)(=O)c3c(Cl)nc4sccn34)ccc21. The number of nitrogens with one attached hydrogen (secondary N) is 1. The molecule has 1 unspecified atom stereocenters. The Morgan fingerprint density at radius 2 is 2.27 bits per heavy atom. The van der Waals surface area contributed by atoms with Crippen LogP contribution in [0.1, 0.15) is 17.2 Å². The molecule has 1 aromatic carbocycles. The molecule has 0 aliphatic carbocycles. The molecule has 0 spiro atoms. The smallest absolute Gasteiger partial charge is 0.358 e. The van der Waals surface area contributed by atoms with Gasteiger partial charge in [-0.2, -0.15) is 8.42 Å². The van der Waals surface area contributed by atoms with Crippen molar-refractivity contribution in [1.82, 2.24) is 14.7 Å². The Morgan fingerprint density at radius 1 is 1.46 bits per heavy atom. The molecule has 1 amide bonds. The van der Waals surface area contributed by atoms with E-state index in [1.165, 1.54) is 21.8 Å². The summed E-state index contributed by atoms with van der Waals surface area (Å²) < 4.78 is 32.0. The van der Waals surface area contributed by atoms with Crippen LogP contribution in [0.3, 0.4) is 0 Å². The number of carbonyl (C=O) groups excluding carboxylic acids is 1. The van der Waals surface area contributed by atoms with Gasteiger partial charge in [0.05, 0.1) is 0 Å². The summed E-state index contributed by atoms with van der Waals surface area (Å²) in [6, 6.07) is 4.13. The molecule has 26 heavy (non-hydrogen) atoms. The van der Waals surface area contributed by atoms with Crippen molar-refractivity contribution >= 4 is 43.9 Å². The molecule has 8 nitrogen and oxygen atoms in total. The molecule has 0 saturated carbocycles. The molecule has 0 radical (unpaired) electrons. The lowest BCUT2D eigenvalue weighted by molar-refractivity contribution is -0.120. The molecule has 136 valence electrons. The van der Waals surface area contributed by atoms with Crippen LogP contribution in [0.4, 0.5) is 0 Å². The fourth-order valence-corrected chi connectivity index (χ4v) is 5.33. The maximum absolute atomic E-state index is 12.7. The first-order valence-electron chi connectivity index (χ1n) is 7.58. The third-order valence-electron chi connectivity index (χ3n) is 4.07. The van der Waals surface area contributed by atoms with Crippen LogP contribution in [0.15, 0.2) is 34.8 Å². The number of imidazole rings is 1. The fraction of sp³-hybridized carbons (Fsp3) is 0.200. The molecule has 1 atom stereocenters. The Hall–Kier alpha value is -2.14. The largest absolute Gasteiger partial charge is 0.378 e. The zero-order chi connectivity index (χ0) is 18.5. The summed E-state index contributed by atoms with van der Waals surface area (Å²) in [5.74, 6) is -0.353. The Kier molecular flexibility index (Phi) is 4.14. The van der Waals surface area contributed by atoms with E-state index in [9.17, 15) is 13.2 Å². The first-order chi connectivity index (χ1) is 12.4. The number of benzene rings is 1. The summed E-state index contributed by atoms with van der Waals surface area (Å²) >= 11 is 7.25. The second kappa shape index (κ2) is 6.23. The number of carbonyl (C=O) groups is 1. The van der Waals surface area contributed by atoms with Crippen molar-refractivity contribution in [3.8, 4) is 5.75 Å². The van der Waals surface area contributed by atoms with Gasteiger partial charge in [0.1, 0.15) is 11.8 Å². The van der Waals surface area contributed by atoms with E-state index in [2.05, 4.69) is 10.3 Å². The maximum Gasteiger partial charge on any atom is 0.358 e. The van der Waals surface area contributed by atoms with Crippen molar-refractivity contribution in [3.05, 3.63) is 46.1 Å². The van der Waals surface area contributed by atoms with Crippen LogP contribution < -0.4 is 15.2 Å². The van der Waals surface area contributed by atoms with E-state index in [0.717, 1.165) is 11.1 Å². The van der Waals surface area contributed by atoms with Crippen LogP contribution >= 0.6 is 22.9 Å². The summed E-state index contributed by atoms with van der Waals surface area (Å²) in [4.78, 5) is 16.0. The summed E-state index contributed by atoms with van der Waals surface area (Å²) in [6.07, 6.45) is 2.18. The highest BCUT2D eigenvalue weighted by atomic mass is 35.5. The van der Waals surface area contributed by atoms with Crippen LogP contribution in [0.25, 0.3) is 4.96 Å². The zero-order valence-corrected chi connectivity index (χ0v) is 15.6. The number of hydrogen-bond donors (Lipinski definition) is 2. The molecule has 0 saturated heterocycles. The number of halogens is 1. The van der Waals surface area contributed by atoms with Crippen molar-refractivity contribution in [2.45, 2.75) is 17.5 Å². The lowest BCUT2D eigenvalue weighted by atomic mass is 9.94. The molecule has 3 aromatic rings. The Bertz CT molecular complexity index is 1120. The molecule has 11 heteroatoms. The van der Waals surface area contributed by atoms with Crippen molar-refractivity contribution < 1.29 is 17.4 Å². The first kappa shape index (κ1) is 17.3. The van der Waals surface area contributed by atoms with E-state index in [0.29, 0.717) is 17.9 Å². The zero-order valence-electron chi connectivity index (χ0n) is 13.2. The number of nitrogens with zero attached hydrogens (tertiary/aromatic N) is 2. The van der Waals surface area contributed by atoms with Gasteiger partial charge in [0, 0.05) is 18.1 Å². The molecule has 2 aromatic heterocycles. The van der Waals surface area contributed by atoms with Crippen molar-refractivity contribution in [3.63, 3.8) is 0 Å². The third kappa shape index (κ3) is 2.84. The Labute approximate surface area is 157 Å². The van der Waals surface area contributed by atoms with Gasteiger partial charge < -0.3 is 15.2 Å². The second-order valence-corrected chi connectivity index (χ2v) is 8.39. The lowest BCUT2D eigenvalue weighted by Gasteiger charge is -2.24. The molecular weight excluding hydrogens is 400 g/mol. The van der Waals surface area contributed by atoms with E-state index < -0.39 is 22.1 Å². The van der Waals surface area contributed by atoms with Crippen LogP contribution in [0.5, 0.6) is 5.75 Å². The number of hydrogen-bond acceptors (Lipinski definition) is 7. The summed E-state index contributed by atoms with van der Waals surface area (Å²) in [5.41, 5.74) is 6.92. The monoisotopic (exact) mass is 412 g/mol. The van der Waals surface area contributed by atoms with Gasteiger partial charge in [-0.1, -0.05) is 17.7 Å². The minimum absolute atomic E-state index is 0.134. The van der Waals surface area contributed by atoms with Gasteiger partial charge in [0.15, 0.2) is 10.1 Å². The topological polar surface area (TPSA) is 116 Å². The minimum atomic E-state index is -4.19. The van der Waals surface area contributed by atoms with Crippen LogP contribution in [0.2, 0.25) is 5.15 Å². The standard InChI is InChI=1S/C15H13ClN4O4S2/c16-12-14(20-5-6-25-15(20)19-12)26(22,23)24-9-1-2-10-8(7-9)3-4-18-11(10)13(17)21/h1-2,5-7,11,18H,3-4H2,(H2,17,21). The van der Waals surface area contributed by atoms with Crippen molar-refractivity contribution in [2.24, 2.45) is 5.73 Å². The number of amides is 1. The second-order valence-electron chi connectivity index (χ2n) is 5.70. The predicted octanol–water partition coefficient (Wildman–Crippen LogP) is 1.49. The van der Waals surface area contributed by atoms with Gasteiger partial charge in [-0.05, 0) is 29.7 Å². The van der Waals surface area contributed by atoms with Gasteiger partial charge in [-0.25, -0.2) is 4.98 Å². The molecule has 3 heterocycles. The fourth-order valence-electron chi connectivity index (χ4n) is 2.98. The van der Waals surface area contributed by atoms with E-state index in [1.54, 1.807) is 23.7 Å². The quantitative estimate of drug-likeness (QED) is 0.627. The summed E-state index contributed by atoms with van der Waals surface area (Å²) in [5, 5.41) is 4.37. The summed E-state index contributed by atoms with van der Waals surface area (Å²) in [6.45, 7) is 0.556. The van der Waals surface area contributed by atoms with E-state index in [4.69, 9.17) is 21.5 Å². The molecule has 0 fully saturated rings. The van der Waals surface area contributed by atoms with E-state index >= 15 is 0 Å². The summed E-state index contributed by atoms with van der Waals surface area (Å²) in [7, 11) is -4.19. The number of fused-ring (bicyclic) bond motifs is 2. The van der Waals surface area contributed by atoms with Gasteiger partial charge in [-0.3, -0.25) is 9.20 Å². The Morgan fingerprint density at radius 3 is 3.04 bits per heavy atom. The van der Waals surface area contributed by atoms with Crippen LogP contribution in [0, 0.1) is 0 Å². The van der Waals surface area contributed by atoms with Gasteiger partial charge in [0.25, 0.3) is 0 Å². The first-order valence-corrected chi connectivity index (χ1v) is 10.2. The number of aromatic nitrogens is 2. The molecule has 0 bridgehead atoms. The molecule has 4 rings (SSSR count). The highest BCUT2D eigenvalue weighted by Gasteiger charge is 2.29. The number of primary amides is 1. The van der Waals surface area contributed by atoms with Crippen molar-refractivity contribution in [1.29, 1.82) is 0 Å². The third-order valence-corrected chi connectivity index (χ3v) is 6.48. The normalized spacial score (nSPS) is 17.2. The average Bonchev–Trinajstić information content (AvgIpc) is 3.13. The predicted molar refractivity (Wildman–Crippen MR) is 96.0 cm³/mol. The van der Waals surface area contributed by atoms with Crippen LogP contribution in [-0.4, -0.2) is 30.3 Å². The van der Waals surface area contributed by atoms with Crippen molar-refractivity contribution in [2.75, 3.05) is 6.54 Å². The number of thiazole rings is 1. The van der Waals surface area contributed by atoms with Crippen LogP contribution in [-0.2, 0) is 21.3 Å².